The first-order chi connectivity index (χ1) is 16.7. The van der Waals surface area contributed by atoms with Crippen molar-refractivity contribution in [2.75, 3.05) is 13.1 Å². The van der Waals surface area contributed by atoms with Crippen molar-refractivity contribution in [3.05, 3.63) is 80.2 Å². The largest absolute Gasteiger partial charge is 0.474 e. The molecule has 0 spiro atoms. The molecule has 1 aliphatic carbocycles. The number of likely N-dealkylation sites (tertiary alicyclic amines) is 1. The summed E-state index contributed by atoms with van der Waals surface area (Å²) < 4.78 is 8.52. The van der Waals surface area contributed by atoms with E-state index in [1.807, 2.05) is 36.1 Å². The SMILES string of the molecule is Cc1cc(C(=O)N2C[C@@H]([C@H](C)Oc3ccc(Cl)cn3)[C@@H](c3ccc(Cl)c(Cl)c3)C2)c(C)n1C1CC1. The molecular weight excluding hydrogens is 505 g/mol. The quantitative estimate of drug-likeness (QED) is 0.340. The van der Waals surface area contributed by atoms with Crippen LogP contribution in [-0.4, -0.2) is 39.6 Å². The van der Waals surface area contributed by atoms with E-state index in [1.54, 1.807) is 18.3 Å². The summed E-state index contributed by atoms with van der Waals surface area (Å²) in [4.78, 5) is 20.0. The second kappa shape index (κ2) is 9.68. The number of ether oxygens (including phenoxy) is 1. The molecule has 1 aromatic carbocycles. The van der Waals surface area contributed by atoms with E-state index in [4.69, 9.17) is 39.5 Å². The molecule has 35 heavy (non-hydrogen) atoms. The van der Waals surface area contributed by atoms with Crippen LogP contribution in [0.3, 0.4) is 0 Å². The summed E-state index contributed by atoms with van der Waals surface area (Å²) in [7, 11) is 0. The van der Waals surface area contributed by atoms with E-state index >= 15 is 0 Å². The van der Waals surface area contributed by atoms with Crippen LogP contribution in [0.1, 0.15) is 59.0 Å². The Hall–Kier alpha value is -2.21. The van der Waals surface area contributed by atoms with Gasteiger partial charge in [-0.25, -0.2) is 4.98 Å². The van der Waals surface area contributed by atoms with Gasteiger partial charge in [-0.05, 0) is 63.4 Å². The molecule has 2 fully saturated rings. The summed E-state index contributed by atoms with van der Waals surface area (Å²) in [6.45, 7) is 7.32. The number of pyridine rings is 1. The topological polar surface area (TPSA) is 47.4 Å². The molecule has 1 saturated carbocycles. The number of hydrogen-bond donors (Lipinski definition) is 0. The highest BCUT2D eigenvalue weighted by Gasteiger charge is 2.41. The highest BCUT2D eigenvalue weighted by Crippen LogP contribution is 2.41. The van der Waals surface area contributed by atoms with Crippen molar-refractivity contribution in [3.8, 4) is 5.88 Å². The Kier molecular flexibility index (Phi) is 6.77. The number of hydrogen-bond acceptors (Lipinski definition) is 3. The van der Waals surface area contributed by atoms with E-state index in [1.165, 1.54) is 12.8 Å². The number of halogens is 3. The molecule has 5 nitrogen and oxygen atoms in total. The summed E-state index contributed by atoms with van der Waals surface area (Å²) in [6, 6.07) is 11.8. The van der Waals surface area contributed by atoms with Crippen LogP contribution in [0.25, 0.3) is 0 Å². The third-order valence-electron chi connectivity index (χ3n) is 7.26. The van der Waals surface area contributed by atoms with Crippen molar-refractivity contribution in [1.82, 2.24) is 14.5 Å². The fraction of sp³-hybridized carbons (Fsp3) is 0.407. The van der Waals surface area contributed by atoms with E-state index in [-0.39, 0.29) is 23.8 Å². The summed E-state index contributed by atoms with van der Waals surface area (Å²) >= 11 is 18.5. The van der Waals surface area contributed by atoms with Gasteiger partial charge in [-0.2, -0.15) is 0 Å². The maximum absolute atomic E-state index is 13.7. The lowest BCUT2D eigenvalue weighted by atomic mass is 9.86. The molecule has 2 aromatic heterocycles. The van der Waals surface area contributed by atoms with Gasteiger partial charge in [0, 0.05) is 54.6 Å². The smallest absolute Gasteiger partial charge is 0.255 e. The molecule has 1 saturated heterocycles. The fourth-order valence-electron chi connectivity index (χ4n) is 5.33. The number of aromatic nitrogens is 2. The fourth-order valence-corrected chi connectivity index (χ4v) is 5.75. The third-order valence-corrected chi connectivity index (χ3v) is 8.22. The molecule has 5 rings (SSSR count). The monoisotopic (exact) mass is 531 g/mol. The van der Waals surface area contributed by atoms with Gasteiger partial charge in [-0.1, -0.05) is 40.9 Å². The van der Waals surface area contributed by atoms with Crippen LogP contribution < -0.4 is 4.74 Å². The van der Waals surface area contributed by atoms with Crippen LogP contribution in [-0.2, 0) is 0 Å². The third kappa shape index (κ3) is 4.91. The Balaban J connectivity index is 1.43. The van der Waals surface area contributed by atoms with Gasteiger partial charge in [-0.3, -0.25) is 4.79 Å². The predicted molar refractivity (Wildman–Crippen MR) is 140 cm³/mol. The summed E-state index contributed by atoms with van der Waals surface area (Å²) in [5, 5.41) is 1.58. The van der Waals surface area contributed by atoms with Gasteiger partial charge < -0.3 is 14.2 Å². The van der Waals surface area contributed by atoms with Gasteiger partial charge >= 0.3 is 0 Å². The van der Waals surface area contributed by atoms with E-state index in [2.05, 4.69) is 23.4 Å². The summed E-state index contributed by atoms with van der Waals surface area (Å²) in [5.41, 5.74) is 4.04. The highest BCUT2D eigenvalue weighted by molar-refractivity contribution is 6.42. The molecule has 0 bridgehead atoms. The summed E-state index contributed by atoms with van der Waals surface area (Å²) in [6.07, 6.45) is 3.74. The zero-order valence-corrected chi connectivity index (χ0v) is 22.2. The number of benzene rings is 1. The average Bonchev–Trinajstić information content (AvgIpc) is 3.47. The van der Waals surface area contributed by atoms with Crippen LogP contribution in [0.4, 0.5) is 0 Å². The Morgan fingerprint density at radius 1 is 1.06 bits per heavy atom. The predicted octanol–water partition coefficient (Wildman–Crippen LogP) is 7.12. The maximum Gasteiger partial charge on any atom is 0.255 e. The normalized spacial score (nSPS) is 20.8. The number of amides is 1. The number of carbonyl (C=O) groups is 1. The first-order valence-corrected chi connectivity index (χ1v) is 13.1. The van der Waals surface area contributed by atoms with E-state index in [0.29, 0.717) is 40.1 Å². The number of rotatable bonds is 6. The second-order valence-corrected chi connectivity index (χ2v) is 10.9. The number of carbonyl (C=O) groups excluding carboxylic acids is 1. The van der Waals surface area contributed by atoms with Gasteiger partial charge in [0.05, 0.1) is 20.6 Å². The molecular formula is C27H28Cl3N3O2. The average molecular weight is 533 g/mol. The lowest BCUT2D eigenvalue weighted by Crippen LogP contribution is -2.32. The molecule has 3 heterocycles. The van der Waals surface area contributed by atoms with E-state index in [9.17, 15) is 4.79 Å². The Bertz CT molecular complexity index is 1250. The van der Waals surface area contributed by atoms with Crippen LogP contribution in [0, 0.1) is 19.8 Å². The van der Waals surface area contributed by atoms with Gasteiger partial charge in [0.2, 0.25) is 5.88 Å². The van der Waals surface area contributed by atoms with Gasteiger partial charge in [0.25, 0.3) is 5.91 Å². The molecule has 1 aliphatic heterocycles. The van der Waals surface area contributed by atoms with Crippen LogP contribution in [0.15, 0.2) is 42.6 Å². The lowest BCUT2D eigenvalue weighted by Gasteiger charge is -2.25. The van der Waals surface area contributed by atoms with Crippen LogP contribution >= 0.6 is 34.8 Å². The highest BCUT2D eigenvalue weighted by atomic mass is 35.5. The molecule has 3 atom stereocenters. The van der Waals surface area contributed by atoms with Crippen LogP contribution in [0.5, 0.6) is 5.88 Å². The Morgan fingerprint density at radius 3 is 2.49 bits per heavy atom. The van der Waals surface area contributed by atoms with E-state index < -0.39 is 0 Å². The van der Waals surface area contributed by atoms with Crippen LogP contribution in [0.2, 0.25) is 15.1 Å². The molecule has 0 unspecified atom stereocenters. The van der Waals surface area contributed by atoms with Gasteiger partial charge in [-0.15, -0.1) is 0 Å². The zero-order chi connectivity index (χ0) is 24.9. The van der Waals surface area contributed by atoms with Crippen molar-refractivity contribution < 1.29 is 9.53 Å². The molecule has 8 heteroatoms. The van der Waals surface area contributed by atoms with E-state index in [0.717, 1.165) is 22.5 Å². The Labute approximate surface area is 220 Å². The minimum absolute atomic E-state index is 0.0422. The molecule has 0 radical (unpaired) electrons. The number of nitrogens with zero attached hydrogens (tertiary/aromatic N) is 3. The van der Waals surface area contributed by atoms with Crippen molar-refractivity contribution in [3.63, 3.8) is 0 Å². The molecule has 0 N–H and O–H groups in total. The lowest BCUT2D eigenvalue weighted by molar-refractivity contribution is 0.0769. The van der Waals surface area contributed by atoms with Crippen molar-refractivity contribution in [2.24, 2.45) is 5.92 Å². The first kappa shape index (κ1) is 24.5. The Morgan fingerprint density at radius 2 is 1.83 bits per heavy atom. The second-order valence-electron chi connectivity index (χ2n) is 9.68. The first-order valence-electron chi connectivity index (χ1n) is 11.9. The zero-order valence-electron chi connectivity index (χ0n) is 20.0. The molecule has 3 aromatic rings. The summed E-state index contributed by atoms with van der Waals surface area (Å²) in [5.74, 6) is 0.658. The molecule has 2 aliphatic rings. The van der Waals surface area contributed by atoms with Crippen molar-refractivity contribution >= 4 is 40.7 Å². The number of aryl methyl sites for hydroxylation is 1. The molecule has 184 valence electrons. The minimum Gasteiger partial charge on any atom is -0.474 e. The van der Waals surface area contributed by atoms with Crippen molar-refractivity contribution in [1.29, 1.82) is 0 Å². The van der Waals surface area contributed by atoms with Gasteiger partial charge in [0.15, 0.2) is 0 Å². The van der Waals surface area contributed by atoms with Gasteiger partial charge in [0.1, 0.15) is 6.10 Å². The minimum atomic E-state index is -0.195. The molecule has 1 amide bonds. The van der Waals surface area contributed by atoms with Crippen molar-refractivity contribution in [2.45, 2.75) is 51.7 Å². The maximum atomic E-state index is 13.7. The standard InChI is InChI=1S/C27H28Cl3N3O2/c1-15-10-21(16(2)33(15)20-6-7-20)27(34)32-13-22(17(3)35-26-9-5-19(28)12-31-26)23(14-32)18-4-8-24(29)25(30)11-18/h4-5,8-12,17,20,22-23H,6-7,13-14H2,1-3H3/t17-,22-,23+/m0/s1.